The number of hydrogen-bond acceptors (Lipinski definition) is 0. The fourth-order valence-corrected chi connectivity index (χ4v) is 22.7. The van der Waals surface area contributed by atoms with E-state index in [0.29, 0.717) is 0 Å². The third kappa shape index (κ3) is 2.67. The van der Waals surface area contributed by atoms with Crippen molar-refractivity contribution in [3.05, 3.63) is 107 Å². The van der Waals surface area contributed by atoms with Crippen LogP contribution in [0.25, 0.3) is 22.3 Å². The molecule has 6 rings (SSSR count). The Morgan fingerprint density at radius 1 is 0.533 bits per heavy atom. The predicted molar refractivity (Wildman–Crippen MR) is 130 cm³/mol. The molecule has 0 unspecified atom stereocenters. The molecule has 2 aliphatic carbocycles. The molecule has 0 amide bonds. The van der Waals surface area contributed by atoms with Gasteiger partial charge in [-0.05, 0) is 0 Å². The minimum absolute atomic E-state index is 0.782. The molecule has 0 saturated heterocycles. The van der Waals surface area contributed by atoms with E-state index in [9.17, 15) is 0 Å². The molecule has 0 atom stereocenters. The second-order valence-electron chi connectivity index (χ2n) is 8.78. The van der Waals surface area contributed by atoms with Crippen LogP contribution in [0.5, 0.6) is 0 Å². The SMILES string of the molecule is [SiH3][Zr]([Cl])([Cl])([c]1cccc2c1Cc1ccccc1-2)[c]1cccc2c1Cc1ccccc1-2. The Labute approximate surface area is 187 Å². The van der Waals surface area contributed by atoms with Gasteiger partial charge in [0.15, 0.2) is 0 Å². The fourth-order valence-electron chi connectivity index (χ4n) is 5.52. The molecule has 0 saturated carbocycles. The third-order valence-electron chi connectivity index (χ3n) is 6.92. The van der Waals surface area contributed by atoms with Crippen molar-refractivity contribution in [2.45, 2.75) is 12.8 Å². The maximum absolute atomic E-state index is 7.73. The summed E-state index contributed by atoms with van der Waals surface area (Å²) in [5, 5.41) is 0. The molecule has 4 aromatic carbocycles. The number of fused-ring (bicyclic) bond motifs is 6. The topological polar surface area (TPSA) is 0 Å². The average Bonchev–Trinajstić information content (AvgIpc) is 3.31. The van der Waals surface area contributed by atoms with Gasteiger partial charge >= 0.3 is 189 Å². The first-order valence-electron chi connectivity index (χ1n) is 10.4. The van der Waals surface area contributed by atoms with Crippen LogP contribution in [0, 0.1) is 0 Å². The normalized spacial score (nSPS) is 15.1. The third-order valence-corrected chi connectivity index (χ3v) is 26.4. The average molecular weight is 524 g/mol. The van der Waals surface area contributed by atoms with Crippen molar-refractivity contribution >= 4 is 30.9 Å². The first-order valence-corrected chi connectivity index (χ1v) is 27.6. The Balaban J connectivity index is 1.58. The molecule has 0 radical (unpaired) electrons. The quantitative estimate of drug-likeness (QED) is 0.279. The van der Waals surface area contributed by atoms with Crippen LogP contribution in [-0.2, 0) is 28.4 Å². The summed E-state index contributed by atoms with van der Waals surface area (Å²) in [7, 11) is 16.2. The molecule has 30 heavy (non-hydrogen) atoms. The van der Waals surface area contributed by atoms with Gasteiger partial charge in [0, 0.05) is 0 Å². The van der Waals surface area contributed by atoms with Gasteiger partial charge in [0.05, 0.1) is 0 Å². The molecule has 0 aromatic heterocycles. The van der Waals surface area contributed by atoms with Gasteiger partial charge in [-0.15, -0.1) is 0 Å². The molecule has 0 heterocycles. The summed E-state index contributed by atoms with van der Waals surface area (Å²) >= 11 is -4.37. The van der Waals surface area contributed by atoms with Crippen molar-refractivity contribution in [3.8, 4) is 22.3 Å². The van der Waals surface area contributed by atoms with E-state index in [2.05, 4.69) is 84.9 Å². The molecule has 147 valence electrons. The van der Waals surface area contributed by atoms with Crippen molar-refractivity contribution in [1.82, 2.24) is 0 Å². The van der Waals surface area contributed by atoms with E-state index in [-0.39, 0.29) is 0 Å². The second kappa shape index (κ2) is 6.53. The number of halogens is 2. The van der Waals surface area contributed by atoms with Gasteiger partial charge in [-0.2, -0.15) is 0 Å². The van der Waals surface area contributed by atoms with E-state index in [1.807, 2.05) is 0 Å². The molecular formula is C26H21Cl2SiZr. The summed E-state index contributed by atoms with van der Waals surface area (Å²) < 4.78 is 2.51. The van der Waals surface area contributed by atoms with Crippen LogP contribution in [0.15, 0.2) is 84.9 Å². The van der Waals surface area contributed by atoms with Crippen LogP contribution in [0.3, 0.4) is 0 Å². The first kappa shape index (κ1) is 19.3. The van der Waals surface area contributed by atoms with E-state index in [0.717, 1.165) is 20.2 Å². The molecule has 0 aliphatic heterocycles. The molecule has 0 spiro atoms. The summed E-state index contributed by atoms with van der Waals surface area (Å²) in [5.74, 6) is 0. The maximum atomic E-state index is 7.73. The summed E-state index contributed by atoms with van der Waals surface area (Å²) in [6.07, 6.45) is 1.87. The van der Waals surface area contributed by atoms with Crippen LogP contribution in [0.1, 0.15) is 22.3 Å². The predicted octanol–water partition coefficient (Wildman–Crippen LogP) is 5.06. The Kier molecular flexibility index (Phi) is 4.19. The minimum atomic E-state index is -4.37. The standard InChI is InChI=1S/2C13H9.2ClH.H3Si.Zr/c2*1-3-7-12-10(5-1)9-11-6-2-4-8-13(11)12;;;;/h2*1-5,7-8H,9H2;2*1H;1H3;/q;;;;;+2/p-2. The molecular weight excluding hydrogens is 503 g/mol. The van der Waals surface area contributed by atoms with Gasteiger partial charge in [0.25, 0.3) is 0 Å². The molecule has 4 aromatic rings. The van der Waals surface area contributed by atoms with Crippen LogP contribution in [0.2, 0.25) is 0 Å². The zero-order valence-corrected chi connectivity index (χ0v) is 22.7. The van der Waals surface area contributed by atoms with Gasteiger partial charge in [-0.3, -0.25) is 0 Å². The van der Waals surface area contributed by atoms with Gasteiger partial charge < -0.3 is 0 Å². The number of hydrogen-bond donors (Lipinski definition) is 0. The van der Waals surface area contributed by atoms with Crippen LogP contribution >= 0.6 is 17.0 Å². The van der Waals surface area contributed by atoms with Crippen molar-refractivity contribution in [2.75, 3.05) is 0 Å². The van der Waals surface area contributed by atoms with Crippen molar-refractivity contribution in [1.29, 1.82) is 0 Å². The van der Waals surface area contributed by atoms with Gasteiger partial charge in [0.1, 0.15) is 0 Å². The Bertz CT molecular complexity index is 1250. The molecule has 2 aliphatic rings. The van der Waals surface area contributed by atoms with E-state index in [1.54, 1.807) is 0 Å². The first-order chi connectivity index (χ1) is 14.4. The Morgan fingerprint density at radius 3 is 1.40 bits per heavy atom. The molecule has 0 N–H and O–H groups in total. The van der Waals surface area contributed by atoms with Gasteiger partial charge in [0.2, 0.25) is 0 Å². The summed E-state index contributed by atoms with van der Waals surface area (Å²) in [6, 6.07) is 30.6. The zero-order valence-electron chi connectivity index (χ0n) is 16.8. The summed E-state index contributed by atoms with van der Waals surface area (Å²) in [6.45, 7) is 0. The zero-order chi connectivity index (χ0) is 20.5. The summed E-state index contributed by atoms with van der Waals surface area (Å²) in [5.41, 5.74) is 10.8. The van der Waals surface area contributed by atoms with Crippen LogP contribution in [-0.4, -0.2) is 7.37 Å². The summed E-state index contributed by atoms with van der Waals surface area (Å²) in [4.78, 5) is 0. The molecule has 0 nitrogen and oxygen atoms in total. The second-order valence-corrected chi connectivity index (χ2v) is 50.2. The molecule has 0 fully saturated rings. The Morgan fingerprint density at radius 2 is 0.933 bits per heavy atom. The van der Waals surface area contributed by atoms with E-state index in [1.165, 1.54) is 51.1 Å². The van der Waals surface area contributed by atoms with Crippen molar-refractivity contribution in [3.63, 3.8) is 0 Å². The van der Waals surface area contributed by atoms with Crippen molar-refractivity contribution in [2.24, 2.45) is 0 Å². The van der Waals surface area contributed by atoms with Gasteiger partial charge in [-0.1, -0.05) is 0 Å². The molecule has 0 bridgehead atoms. The van der Waals surface area contributed by atoms with E-state index in [4.69, 9.17) is 17.0 Å². The van der Waals surface area contributed by atoms with E-state index < -0.39 is 15.6 Å². The van der Waals surface area contributed by atoms with Crippen LogP contribution in [0.4, 0.5) is 0 Å². The van der Waals surface area contributed by atoms with Crippen LogP contribution < -0.4 is 6.54 Å². The number of rotatable bonds is 2. The molecule has 4 heteroatoms. The van der Waals surface area contributed by atoms with E-state index >= 15 is 0 Å². The van der Waals surface area contributed by atoms with Crippen molar-refractivity contribution < 1.29 is 15.6 Å². The fraction of sp³-hybridized carbons (Fsp3) is 0.0769. The Hall–Kier alpha value is -1.44. The monoisotopic (exact) mass is 521 g/mol. The van der Waals surface area contributed by atoms with Gasteiger partial charge in [-0.25, -0.2) is 0 Å². The number of benzene rings is 4.